The van der Waals surface area contributed by atoms with Gasteiger partial charge in [0.15, 0.2) is 0 Å². The van der Waals surface area contributed by atoms with Crippen molar-refractivity contribution in [3.8, 4) is 0 Å². The van der Waals surface area contributed by atoms with Crippen LogP contribution < -0.4 is 0 Å². The lowest BCUT2D eigenvalue weighted by atomic mass is 10.2. The minimum atomic E-state index is 0.699. The molecule has 0 atom stereocenters. The van der Waals surface area contributed by atoms with E-state index in [9.17, 15) is 0 Å². The fourth-order valence-corrected chi connectivity index (χ4v) is 2.06. The number of halogens is 2. The summed E-state index contributed by atoms with van der Waals surface area (Å²) < 4.78 is 6.18. The second-order valence-electron chi connectivity index (χ2n) is 2.57. The minimum absolute atomic E-state index is 0.699. The Labute approximate surface area is 90.5 Å². The van der Waals surface area contributed by atoms with Gasteiger partial charge in [-0.15, -0.1) is 0 Å². The number of rotatable bonds is 2. The Morgan fingerprint density at radius 2 is 2.10 bits per heavy atom. The van der Waals surface area contributed by atoms with Gasteiger partial charge in [0.1, 0.15) is 5.84 Å². The van der Waals surface area contributed by atoms with Gasteiger partial charge >= 0.3 is 0 Å². The summed E-state index contributed by atoms with van der Waals surface area (Å²) in [4.78, 5) is 0. The molecule has 10 heavy (non-hydrogen) atoms. The van der Waals surface area contributed by atoms with E-state index >= 15 is 0 Å². The van der Waals surface area contributed by atoms with Gasteiger partial charge in [0.05, 0.1) is 45.7 Å². The van der Waals surface area contributed by atoms with E-state index in [2.05, 4.69) is 43.0 Å². The van der Waals surface area contributed by atoms with Crippen molar-refractivity contribution in [1.82, 2.24) is 3.11 Å². The normalized spacial score (nSPS) is 12.4. The summed E-state index contributed by atoms with van der Waals surface area (Å²) in [7, 11) is 0. The lowest BCUT2D eigenvalue weighted by molar-refractivity contribution is 0.546. The highest BCUT2D eigenvalue weighted by Gasteiger charge is 2.03. The molecule has 0 spiro atoms. The van der Waals surface area contributed by atoms with Gasteiger partial charge < -0.3 is 3.11 Å². The molecule has 0 heterocycles. The van der Waals surface area contributed by atoms with E-state index in [-0.39, 0.29) is 0 Å². The Hall–Kier alpha value is 0.930. The van der Waals surface area contributed by atoms with Crippen LogP contribution in [0.2, 0.25) is 0 Å². The maximum Gasteiger partial charge on any atom is 0.116 e. The standard InChI is InChI=1S/C6H12I2N2/c1-5(2)4-10(8)6(3)9-7/h5H,4H2,1-3H3/b9-6-. The topological polar surface area (TPSA) is 15.6 Å². The smallest absolute Gasteiger partial charge is 0.116 e. The average Bonchev–Trinajstić information content (AvgIpc) is 1.85. The van der Waals surface area contributed by atoms with Crippen LogP contribution in [0, 0.1) is 5.92 Å². The van der Waals surface area contributed by atoms with Gasteiger partial charge in [-0.2, -0.15) is 0 Å². The van der Waals surface area contributed by atoms with Crippen molar-refractivity contribution < 1.29 is 0 Å². The summed E-state index contributed by atoms with van der Waals surface area (Å²) in [6, 6.07) is 0. The first-order chi connectivity index (χ1) is 4.57. The lowest BCUT2D eigenvalue weighted by Gasteiger charge is -2.16. The average molecular weight is 366 g/mol. The molecule has 0 aliphatic carbocycles. The third-order valence-electron chi connectivity index (χ3n) is 0.999. The van der Waals surface area contributed by atoms with Crippen LogP contribution in [0.15, 0.2) is 3.21 Å². The highest BCUT2D eigenvalue weighted by Crippen LogP contribution is 2.07. The van der Waals surface area contributed by atoms with Crippen molar-refractivity contribution in [2.75, 3.05) is 6.54 Å². The zero-order valence-corrected chi connectivity index (χ0v) is 10.7. The Kier molecular flexibility index (Phi) is 6.08. The lowest BCUT2D eigenvalue weighted by Crippen LogP contribution is -2.21. The van der Waals surface area contributed by atoms with E-state index in [1.54, 1.807) is 0 Å². The van der Waals surface area contributed by atoms with Gasteiger partial charge in [-0.1, -0.05) is 13.8 Å². The Balaban J connectivity index is 3.73. The molecule has 0 rings (SSSR count). The molecule has 0 amide bonds. The van der Waals surface area contributed by atoms with Crippen LogP contribution in [0.3, 0.4) is 0 Å². The molecule has 0 fully saturated rings. The summed E-state index contributed by atoms with van der Waals surface area (Å²) in [5.41, 5.74) is 0. The van der Waals surface area contributed by atoms with Crippen LogP contribution in [0.1, 0.15) is 20.8 Å². The molecule has 0 aliphatic heterocycles. The van der Waals surface area contributed by atoms with E-state index in [4.69, 9.17) is 0 Å². The molecule has 0 aliphatic rings. The van der Waals surface area contributed by atoms with Crippen molar-refractivity contribution in [3.05, 3.63) is 0 Å². The third-order valence-corrected chi connectivity index (χ3v) is 2.79. The molecule has 0 bridgehead atoms. The molecule has 4 heteroatoms. The molecule has 0 aromatic carbocycles. The van der Waals surface area contributed by atoms with E-state index in [0.717, 1.165) is 12.4 Å². The highest BCUT2D eigenvalue weighted by atomic mass is 127. The first-order valence-corrected chi connectivity index (χ1v) is 5.09. The van der Waals surface area contributed by atoms with Gasteiger partial charge in [-0.05, 0) is 12.8 Å². The largest absolute Gasteiger partial charge is 0.302 e. The van der Waals surface area contributed by atoms with Crippen molar-refractivity contribution >= 4 is 51.6 Å². The molecule has 0 aromatic heterocycles. The zero-order valence-electron chi connectivity index (χ0n) is 6.43. The molecule has 0 aromatic rings. The van der Waals surface area contributed by atoms with Gasteiger partial charge in [0.25, 0.3) is 0 Å². The second kappa shape index (κ2) is 5.56. The van der Waals surface area contributed by atoms with Crippen LogP contribution in [-0.4, -0.2) is 15.5 Å². The number of hydrogen-bond donors (Lipinski definition) is 0. The third kappa shape index (κ3) is 4.70. The van der Waals surface area contributed by atoms with Crippen LogP contribution >= 0.6 is 45.7 Å². The van der Waals surface area contributed by atoms with Crippen molar-refractivity contribution in [1.29, 1.82) is 0 Å². The summed E-state index contributed by atoms with van der Waals surface area (Å²) in [5, 5.41) is 0. The van der Waals surface area contributed by atoms with Crippen molar-refractivity contribution in [2.24, 2.45) is 9.12 Å². The SMILES string of the molecule is C/C(=N/I)N(I)CC(C)C. The van der Waals surface area contributed by atoms with E-state index in [1.807, 2.05) is 29.8 Å². The molecule has 0 N–H and O–H groups in total. The van der Waals surface area contributed by atoms with Crippen LogP contribution in [-0.2, 0) is 0 Å². The van der Waals surface area contributed by atoms with E-state index < -0.39 is 0 Å². The van der Waals surface area contributed by atoms with E-state index in [1.165, 1.54) is 0 Å². The van der Waals surface area contributed by atoms with Gasteiger partial charge in [0.2, 0.25) is 0 Å². The second-order valence-corrected chi connectivity index (χ2v) is 4.22. The first kappa shape index (κ1) is 10.9. The summed E-state index contributed by atoms with van der Waals surface area (Å²) in [6.45, 7) is 7.48. The molecule has 0 saturated carbocycles. The van der Waals surface area contributed by atoms with Crippen molar-refractivity contribution in [3.63, 3.8) is 0 Å². The van der Waals surface area contributed by atoms with Gasteiger partial charge in [-0.3, -0.25) is 0 Å². The van der Waals surface area contributed by atoms with Crippen LogP contribution in [0.25, 0.3) is 0 Å². The Bertz CT molecular complexity index is 123. The quantitative estimate of drug-likeness (QED) is 0.318. The number of hydrogen-bond acceptors (Lipinski definition) is 1. The zero-order chi connectivity index (χ0) is 8.15. The number of nitrogens with zero attached hydrogens (tertiary/aromatic N) is 2. The molecule has 2 nitrogen and oxygen atoms in total. The molecule has 60 valence electrons. The summed E-state index contributed by atoms with van der Waals surface area (Å²) in [5.74, 6) is 1.78. The van der Waals surface area contributed by atoms with Crippen molar-refractivity contribution in [2.45, 2.75) is 20.8 Å². The maximum absolute atomic E-state index is 4.05. The molecular weight excluding hydrogens is 354 g/mol. The van der Waals surface area contributed by atoms with Crippen LogP contribution in [0.5, 0.6) is 0 Å². The molecule has 0 unspecified atom stereocenters. The van der Waals surface area contributed by atoms with E-state index in [0.29, 0.717) is 5.92 Å². The minimum Gasteiger partial charge on any atom is -0.302 e. The van der Waals surface area contributed by atoms with Gasteiger partial charge in [-0.25, -0.2) is 3.21 Å². The molecule has 0 saturated heterocycles. The summed E-state index contributed by atoms with van der Waals surface area (Å²) >= 11 is 4.30. The Morgan fingerprint density at radius 1 is 1.60 bits per heavy atom. The highest BCUT2D eigenvalue weighted by molar-refractivity contribution is 14.1. The fraction of sp³-hybridized carbons (Fsp3) is 0.833. The molecular formula is C6H12I2N2. The fourth-order valence-electron chi connectivity index (χ4n) is 0.494. The Morgan fingerprint density at radius 3 is 2.40 bits per heavy atom. The maximum atomic E-state index is 4.05. The predicted molar refractivity (Wildman–Crippen MR) is 62.7 cm³/mol. The molecule has 0 radical (unpaired) electrons. The number of amidine groups is 1. The first-order valence-electron chi connectivity index (χ1n) is 3.16. The van der Waals surface area contributed by atoms with Crippen LogP contribution in [0.4, 0.5) is 0 Å². The van der Waals surface area contributed by atoms with Gasteiger partial charge in [0, 0.05) is 6.54 Å². The summed E-state index contributed by atoms with van der Waals surface area (Å²) in [6.07, 6.45) is 0. The monoisotopic (exact) mass is 366 g/mol. The predicted octanol–water partition coefficient (Wildman–Crippen LogP) is 3.06.